The van der Waals surface area contributed by atoms with Crippen LogP contribution in [0.1, 0.15) is 109 Å². The molecular weight excluding hydrogens is 615 g/mol. The molecule has 2 heteroatoms. The van der Waals surface area contributed by atoms with Crippen LogP contribution >= 0.6 is 0 Å². The number of aryl methyl sites for hydroxylation is 1. The van der Waals surface area contributed by atoms with Crippen LogP contribution in [0.25, 0.3) is 22.4 Å². The Bertz CT molecular complexity index is 1310. The van der Waals surface area contributed by atoms with Crippen molar-refractivity contribution in [3.8, 4) is 22.4 Å². The molecule has 2 aliphatic carbocycles. The van der Waals surface area contributed by atoms with Gasteiger partial charge < -0.3 is 4.98 Å². The number of benzene rings is 2. The van der Waals surface area contributed by atoms with Gasteiger partial charge in [-0.15, -0.1) is 34.9 Å². The maximum Gasteiger partial charge on any atom is 0.0242 e. The van der Waals surface area contributed by atoms with E-state index in [1.54, 1.807) is 0 Å². The van der Waals surface area contributed by atoms with Crippen LogP contribution in [0.3, 0.4) is 0 Å². The first-order valence-electron chi connectivity index (χ1n) is 13.4. The molecule has 0 saturated carbocycles. The second kappa shape index (κ2) is 8.92. The number of nitrogens with zero attached hydrogens (tertiary/aromatic N) is 1. The Morgan fingerprint density at radius 3 is 1.78 bits per heavy atom. The smallest absolute Gasteiger partial charge is 0.0242 e. The van der Waals surface area contributed by atoms with E-state index in [1.807, 2.05) is 0 Å². The summed E-state index contributed by atoms with van der Waals surface area (Å²) in [6, 6.07) is 17.6. The Hall–Kier alpha value is -1.76. The molecule has 2 aromatic carbocycles. The molecule has 0 aliphatic heterocycles. The zero-order valence-electron chi connectivity index (χ0n) is 23.7. The first-order chi connectivity index (χ1) is 16.2. The van der Waals surface area contributed by atoms with E-state index in [2.05, 4.69) is 111 Å². The van der Waals surface area contributed by atoms with Crippen LogP contribution in [0, 0.1) is 13.0 Å². The van der Waals surface area contributed by atoms with Crippen molar-refractivity contribution in [1.29, 1.82) is 0 Å². The molecule has 1 nitrogen and oxygen atoms in total. The Labute approximate surface area is 232 Å². The molecule has 0 bridgehead atoms. The molecular formula is C34H42IrN-. The van der Waals surface area contributed by atoms with Crippen LogP contribution < -0.4 is 0 Å². The summed E-state index contributed by atoms with van der Waals surface area (Å²) in [5.74, 6) is 0. The van der Waals surface area contributed by atoms with Gasteiger partial charge >= 0.3 is 0 Å². The largest absolute Gasteiger partial charge is 0.304 e. The summed E-state index contributed by atoms with van der Waals surface area (Å²) in [6.45, 7) is 21.3. The van der Waals surface area contributed by atoms with Gasteiger partial charge in [-0.1, -0.05) is 86.1 Å². The third-order valence-electron chi connectivity index (χ3n) is 9.33. The van der Waals surface area contributed by atoms with Crippen LogP contribution in [0.5, 0.6) is 0 Å². The average Bonchev–Trinajstić information content (AvgIpc) is 2.80. The number of aromatic nitrogens is 1. The van der Waals surface area contributed by atoms with Crippen molar-refractivity contribution < 1.29 is 20.1 Å². The van der Waals surface area contributed by atoms with Crippen LogP contribution in [0.4, 0.5) is 0 Å². The second-order valence-electron chi connectivity index (χ2n) is 13.9. The molecule has 5 rings (SSSR count). The van der Waals surface area contributed by atoms with Crippen molar-refractivity contribution in [2.24, 2.45) is 0 Å². The molecule has 193 valence electrons. The first-order valence-corrected chi connectivity index (χ1v) is 13.4. The second-order valence-corrected chi connectivity index (χ2v) is 13.9. The van der Waals surface area contributed by atoms with Crippen molar-refractivity contribution >= 4 is 0 Å². The molecule has 0 amide bonds. The van der Waals surface area contributed by atoms with E-state index >= 15 is 0 Å². The van der Waals surface area contributed by atoms with Gasteiger partial charge in [0.2, 0.25) is 0 Å². The maximum atomic E-state index is 4.96. The quantitative estimate of drug-likeness (QED) is 0.251. The van der Waals surface area contributed by atoms with Gasteiger partial charge in [0.1, 0.15) is 0 Å². The minimum absolute atomic E-state index is 0. The molecule has 0 spiro atoms. The van der Waals surface area contributed by atoms with Crippen molar-refractivity contribution in [1.82, 2.24) is 4.98 Å². The standard InChI is InChI=1S/C34H42N.Ir/c1-22-18-30(24-11-13-27-29(20-24)34(8,9)17-15-32(27,4)5)35-21-25(22)23-10-12-26-28(19-23)33(6,7)16-14-31(26,2)3;/h10,12-13,18-21H,14-17H2,1-9H3;/q-1;. The third kappa shape index (κ3) is 4.54. The maximum absolute atomic E-state index is 4.96. The molecule has 3 aromatic rings. The molecule has 36 heavy (non-hydrogen) atoms. The number of hydrogen-bond donors (Lipinski definition) is 0. The minimum Gasteiger partial charge on any atom is -0.304 e. The third-order valence-corrected chi connectivity index (χ3v) is 9.33. The van der Waals surface area contributed by atoms with Gasteiger partial charge in [0.05, 0.1) is 0 Å². The van der Waals surface area contributed by atoms with Crippen LogP contribution in [-0.2, 0) is 41.8 Å². The molecule has 0 atom stereocenters. The summed E-state index contributed by atoms with van der Waals surface area (Å²) in [5, 5.41) is 0. The molecule has 1 heterocycles. The molecule has 0 saturated heterocycles. The average molecular weight is 657 g/mol. The van der Waals surface area contributed by atoms with Crippen LogP contribution in [-0.4, -0.2) is 4.98 Å². The first kappa shape index (κ1) is 27.3. The predicted molar refractivity (Wildman–Crippen MR) is 149 cm³/mol. The molecule has 1 aromatic heterocycles. The van der Waals surface area contributed by atoms with Gasteiger partial charge in [0.15, 0.2) is 0 Å². The van der Waals surface area contributed by atoms with Gasteiger partial charge in [-0.2, -0.15) is 0 Å². The summed E-state index contributed by atoms with van der Waals surface area (Å²) < 4.78 is 0. The van der Waals surface area contributed by atoms with E-state index in [9.17, 15) is 0 Å². The van der Waals surface area contributed by atoms with E-state index in [1.165, 1.54) is 64.6 Å². The SMILES string of the molecule is Cc1cc(-c2[c-]cc3c(c2)C(C)(C)CCC3(C)C)ncc1-c1ccc2c(c1)C(C)(C)CCC2(C)C.[Ir]. The minimum atomic E-state index is 0. The van der Waals surface area contributed by atoms with Crippen LogP contribution in [0.15, 0.2) is 42.6 Å². The van der Waals surface area contributed by atoms with Crippen molar-refractivity contribution in [3.05, 3.63) is 76.5 Å². The van der Waals surface area contributed by atoms with Gasteiger partial charge in [-0.3, -0.25) is 0 Å². The van der Waals surface area contributed by atoms with E-state index in [0.29, 0.717) is 0 Å². The van der Waals surface area contributed by atoms with E-state index in [4.69, 9.17) is 4.98 Å². The van der Waals surface area contributed by atoms with Gasteiger partial charge in [0.25, 0.3) is 0 Å². The molecule has 1 radical (unpaired) electrons. The molecule has 0 N–H and O–H groups in total. The van der Waals surface area contributed by atoms with E-state index in [0.717, 1.165) is 11.3 Å². The van der Waals surface area contributed by atoms with E-state index < -0.39 is 0 Å². The fourth-order valence-electron chi connectivity index (χ4n) is 6.42. The van der Waals surface area contributed by atoms with Gasteiger partial charge in [0, 0.05) is 31.9 Å². The zero-order chi connectivity index (χ0) is 25.4. The monoisotopic (exact) mass is 657 g/mol. The topological polar surface area (TPSA) is 12.9 Å². The molecule has 0 unspecified atom stereocenters. The molecule has 0 fully saturated rings. The van der Waals surface area contributed by atoms with Crippen molar-refractivity contribution in [3.63, 3.8) is 0 Å². The zero-order valence-corrected chi connectivity index (χ0v) is 26.0. The fourth-order valence-corrected chi connectivity index (χ4v) is 6.42. The van der Waals surface area contributed by atoms with Crippen molar-refractivity contribution in [2.75, 3.05) is 0 Å². The number of fused-ring (bicyclic) bond motifs is 2. The summed E-state index contributed by atoms with van der Waals surface area (Å²) in [5.41, 5.74) is 12.7. The summed E-state index contributed by atoms with van der Waals surface area (Å²) in [4.78, 5) is 4.96. The Morgan fingerprint density at radius 2 is 1.19 bits per heavy atom. The number of rotatable bonds is 2. The van der Waals surface area contributed by atoms with Crippen molar-refractivity contribution in [2.45, 2.75) is 110 Å². The predicted octanol–water partition coefficient (Wildman–Crippen LogP) is 9.22. The Morgan fingerprint density at radius 1 is 0.667 bits per heavy atom. The fraction of sp³-hybridized carbons (Fsp3) is 0.500. The van der Waals surface area contributed by atoms with Crippen LogP contribution in [0.2, 0.25) is 0 Å². The Kier molecular flexibility index (Phi) is 6.76. The Balaban J connectivity index is 0.00000304. The molecule has 2 aliphatic rings. The number of pyridine rings is 1. The summed E-state index contributed by atoms with van der Waals surface area (Å²) in [7, 11) is 0. The number of hydrogen-bond acceptors (Lipinski definition) is 1. The summed E-state index contributed by atoms with van der Waals surface area (Å²) in [6.07, 6.45) is 6.99. The van der Waals surface area contributed by atoms with Gasteiger partial charge in [-0.25, -0.2) is 0 Å². The van der Waals surface area contributed by atoms with Gasteiger partial charge in [-0.05, 0) is 75.8 Å². The summed E-state index contributed by atoms with van der Waals surface area (Å²) >= 11 is 0. The normalized spacial score (nSPS) is 20.6. The van der Waals surface area contributed by atoms with E-state index in [-0.39, 0.29) is 41.8 Å².